The minimum absolute atomic E-state index is 0.179. The number of hydrogen-bond donors (Lipinski definition) is 2. The Kier molecular flexibility index (Phi) is 6.59. The topological polar surface area (TPSA) is 94.7 Å². The van der Waals surface area contributed by atoms with Crippen molar-refractivity contribution in [1.82, 2.24) is 15.2 Å². The van der Waals surface area contributed by atoms with Crippen LogP contribution in [0.3, 0.4) is 0 Å². The molecule has 1 saturated heterocycles. The second-order valence-corrected chi connectivity index (χ2v) is 10.6. The molecule has 0 unspecified atom stereocenters. The summed E-state index contributed by atoms with van der Waals surface area (Å²) in [6.07, 6.45) is -3.93. The summed E-state index contributed by atoms with van der Waals surface area (Å²) in [4.78, 5) is 44.4. The van der Waals surface area contributed by atoms with Crippen molar-refractivity contribution in [1.29, 1.82) is 0 Å². The number of ether oxygens (including phenoxy) is 1. The smallest absolute Gasteiger partial charge is 0.417 e. The number of halogens is 4. The first-order valence-electron chi connectivity index (χ1n) is 12.5. The Balaban J connectivity index is 1.56. The van der Waals surface area contributed by atoms with Crippen LogP contribution in [0.2, 0.25) is 0 Å². The van der Waals surface area contributed by atoms with E-state index in [0.29, 0.717) is 29.7 Å². The number of nitrogens with zero attached hydrogens (tertiary/aromatic N) is 2. The zero-order valence-corrected chi connectivity index (χ0v) is 21.9. The molecule has 0 bridgehead atoms. The van der Waals surface area contributed by atoms with Crippen LogP contribution in [0, 0.1) is 5.82 Å². The second kappa shape index (κ2) is 9.68. The molecule has 0 saturated carbocycles. The van der Waals surface area contributed by atoms with Crippen molar-refractivity contribution in [3.05, 3.63) is 65.1 Å². The number of H-pyrrole nitrogens is 1. The molecule has 210 valence electrons. The van der Waals surface area contributed by atoms with Crippen LogP contribution >= 0.6 is 0 Å². The van der Waals surface area contributed by atoms with Crippen molar-refractivity contribution in [3.8, 4) is 0 Å². The standard InChI is InChI=1S/C28H26F4N4O4/c1-27(2,3)40-26(39)36-10-8-35(9-11-36)16-5-7-20(28(30,31)32)18(13-16)22-23(25(38)34-24(22)37)19-14-33-21-12-15(29)4-6-17(19)21/h4-7,12-14,33H,8-11H2,1-3H3,(H,34,37,38). The zero-order valence-electron chi connectivity index (χ0n) is 21.9. The van der Waals surface area contributed by atoms with Gasteiger partial charge in [-0.3, -0.25) is 14.9 Å². The highest BCUT2D eigenvalue weighted by Crippen LogP contribution is 2.42. The predicted molar refractivity (Wildman–Crippen MR) is 140 cm³/mol. The van der Waals surface area contributed by atoms with Crippen molar-refractivity contribution in [3.63, 3.8) is 0 Å². The van der Waals surface area contributed by atoms with E-state index in [9.17, 15) is 31.9 Å². The van der Waals surface area contributed by atoms with Gasteiger partial charge >= 0.3 is 12.3 Å². The van der Waals surface area contributed by atoms with Gasteiger partial charge in [0.2, 0.25) is 0 Å². The van der Waals surface area contributed by atoms with E-state index in [4.69, 9.17) is 4.74 Å². The lowest BCUT2D eigenvalue weighted by molar-refractivity contribution is -0.137. The monoisotopic (exact) mass is 558 g/mol. The molecule has 3 aromatic rings. The molecular formula is C28H26F4N4O4. The van der Waals surface area contributed by atoms with E-state index in [-0.39, 0.29) is 24.2 Å². The first-order valence-corrected chi connectivity index (χ1v) is 12.5. The van der Waals surface area contributed by atoms with Gasteiger partial charge in [-0.15, -0.1) is 0 Å². The Morgan fingerprint density at radius 3 is 2.17 bits per heavy atom. The SMILES string of the molecule is CC(C)(C)OC(=O)N1CCN(c2ccc(C(F)(F)F)c(C3=C(c4c[nH]c5cc(F)ccc45)C(=O)NC3=O)c2)CC1. The Morgan fingerprint density at radius 1 is 0.900 bits per heavy atom. The summed E-state index contributed by atoms with van der Waals surface area (Å²) in [5.74, 6) is -2.36. The van der Waals surface area contributed by atoms with Crippen LogP contribution in [0.1, 0.15) is 37.5 Å². The molecule has 1 fully saturated rings. The molecule has 0 aliphatic carbocycles. The number of rotatable bonds is 3. The van der Waals surface area contributed by atoms with Gasteiger partial charge in [-0.1, -0.05) is 0 Å². The maximum Gasteiger partial charge on any atom is 0.417 e. The number of piperazine rings is 1. The molecule has 1 aromatic heterocycles. The van der Waals surface area contributed by atoms with Gasteiger partial charge < -0.3 is 19.5 Å². The number of carbonyl (C=O) groups excluding carboxylic acids is 3. The lowest BCUT2D eigenvalue weighted by atomic mass is 9.92. The molecular weight excluding hydrogens is 532 g/mol. The number of aromatic amines is 1. The molecule has 40 heavy (non-hydrogen) atoms. The highest BCUT2D eigenvalue weighted by Gasteiger charge is 2.41. The minimum Gasteiger partial charge on any atom is -0.444 e. The van der Waals surface area contributed by atoms with Crippen molar-refractivity contribution >= 4 is 45.6 Å². The lowest BCUT2D eigenvalue weighted by Crippen LogP contribution is -2.50. The molecule has 12 heteroatoms. The Bertz CT molecular complexity index is 1560. The van der Waals surface area contributed by atoms with E-state index in [1.165, 1.54) is 35.4 Å². The third-order valence-corrected chi connectivity index (χ3v) is 6.72. The summed E-state index contributed by atoms with van der Waals surface area (Å²) in [6, 6.07) is 7.17. The number of benzene rings is 2. The average Bonchev–Trinajstić information content (AvgIpc) is 3.40. The van der Waals surface area contributed by atoms with Crippen LogP contribution in [0.4, 0.5) is 28.0 Å². The van der Waals surface area contributed by atoms with Crippen LogP contribution in [0.15, 0.2) is 42.6 Å². The molecule has 0 radical (unpaired) electrons. The fourth-order valence-corrected chi connectivity index (χ4v) is 4.93. The van der Waals surface area contributed by atoms with Crippen LogP contribution in [0.25, 0.3) is 22.0 Å². The minimum atomic E-state index is -4.82. The normalized spacial score (nSPS) is 16.7. The number of anilines is 1. The lowest BCUT2D eigenvalue weighted by Gasteiger charge is -2.37. The quantitative estimate of drug-likeness (QED) is 0.351. The Hall–Kier alpha value is -4.35. The van der Waals surface area contributed by atoms with Crippen molar-refractivity contribution < 1.29 is 36.7 Å². The van der Waals surface area contributed by atoms with Gasteiger partial charge in [0.15, 0.2) is 0 Å². The maximum atomic E-state index is 14.2. The first-order chi connectivity index (χ1) is 18.7. The molecule has 2 aromatic carbocycles. The van der Waals surface area contributed by atoms with E-state index >= 15 is 0 Å². The van der Waals surface area contributed by atoms with E-state index < -0.39 is 52.2 Å². The number of aromatic nitrogens is 1. The van der Waals surface area contributed by atoms with Crippen molar-refractivity contribution in [2.75, 3.05) is 31.1 Å². The molecule has 5 rings (SSSR count). The molecule has 2 N–H and O–H groups in total. The van der Waals surface area contributed by atoms with Crippen LogP contribution in [-0.2, 0) is 20.5 Å². The number of hydrogen-bond acceptors (Lipinski definition) is 5. The summed E-state index contributed by atoms with van der Waals surface area (Å²) in [7, 11) is 0. The number of carbonyl (C=O) groups is 3. The van der Waals surface area contributed by atoms with Crippen LogP contribution in [-0.4, -0.2) is 59.6 Å². The number of nitrogens with one attached hydrogen (secondary N) is 2. The third kappa shape index (κ3) is 5.13. The molecule has 2 aliphatic rings. The van der Waals surface area contributed by atoms with Crippen LogP contribution < -0.4 is 10.2 Å². The molecule has 8 nitrogen and oxygen atoms in total. The zero-order chi connectivity index (χ0) is 29.0. The van der Waals surface area contributed by atoms with Gasteiger partial charge in [0, 0.05) is 60.1 Å². The second-order valence-electron chi connectivity index (χ2n) is 10.6. The van der Waals surface area contributed by atoms with Crippen LogP contribution in [0.5, 0.6) is 0 Å². The average molecular weight is 559 g/mol. The van der Waals surface area contributed by atoms with Crippen molar-refractivity contribution in [2.45, 2.75) is 32.5 Å². The molecule has 3 heterocycles. The summed E-state index contributed by atoms with van der Waals surface area (Å²) in [6.45, 7) is 6.46. The largest absolute Gasteiger partial charge is 0.444 e. The van der Waals surface area contributed by atoms with Gasteiger partial charge in [-0.05, 0) is 57.2 Å². The van der Waals surface area contributed by atoms with Gasteiger partial charge in [-0.2, -0.15) is 13.2 Å². The Labute approximate surface area is 226 Å². The van der Waals surface area contributed by atoms with Crippen molar-refractivity contribution in [2.24, 2.45) is 0 Å². The van der Waals surface area contributed by atoms with Gasteiger partial charge in [0.05, 0.1) is 16.7 Å². The predicted octanol–water partition coefficient (Wildman–Crippen LogP) is 4.95. The fraction of sp³-hybridized carbons (Fsp3) is 0.321. The van der Waals surface area contributed by atoms with Gasteiger partial charge in [-0.25, -0.2) is 9.18 Å². The third-order valence-electron chi connectivity index (χ3n) is 6.72. The van der Waals surface area contributed by atoms with Gasteiger partial charge in [0.25, 0.3) is 11.8 Å². The Morgan fingerprint density at radius 2 is 1.55 bits per heavy atom. The number of amides is 3. The van der Waals surface area contributed by atoms with E-state index in [1.54, 1.807) is 25.7 Å². The van der Waals surface area contributed by atoms with E-state index in [1.807, 2.05) is 0 Å². The summed E-state index contributed by atoms with van der Waals surface area (Å²) in [5, 5.41) is 2.49. The number of imide groups is 1. The fourth-order valence-electron chi connectivity index (χ4n) is 4.93. The first kappa shape index (κ1) is 27.2. The highest BCUT2D eigenvalue weighted by molar-refractivity contribution is 6.50. The van der Waals surface area contributed by atoms with E-state index in [0.717, 1.165) is 12.1 Å². The number of fused-ring (bicyclic) bond motifs is 1. The molecule has 0 spiro atoms. The maximum absolute atomic E-state index is 14.2. The summed E-state index contributed by atoms with van der Waals surface area (Å²) in [5.41, 5.74) is -1.95. The molecule has 0 atom stereocenters. The number of alkyl halides is 3. The van der Waals surface area contributed by atoms with E-state index in [2.05, 4.69) is 10.3 Å². The summed E-state index contributed by atoms with van der Waals surface area (Å²) >= 11 is 0. The molecule has 3 amide bonds. The molecule has 2 aliphatic heterocycles. The summed E-state index contributed by atoms with van der Waals surface area (Å²) < 4.78 is 61.7. The highest BCUT2D eigenvalue weighted by atomic mass is 19.4. The van der Waals surface area contributed by atoms with Gasteiger partial charge in [0.1, 0.15) is 11.4 Å².